The first-order chi connectivity index (χ1) is 5.88. The number of nitrogens with two attached hydrogens (primary N) is 1. The van der Waals surface area contributed by atoms with Gasteiger partial charge in [0.15, 0.2) is 0 Å². The lowest BCUT2D eigenvalue weighted by atomic mass is 9.68. The lowest BCUT2D eigenvalue weighted by molar-refractivity contribution is -0.131. The Morgan fingerprint density at radius 2 is 1.77 bits per heavy atom. The highest BCUT2D eigenvalue weighted by Crippen LogP contribution is 2.36. The summed E-state index contributed by atoms with van der Waals surface area (Å²) in [6.45, 7) is 8.03. The molecule has 0 radical (unpaired) electrons. The summed E-state index contributed by atoms with van der Waals surface area (Å²) in [5.74, 6) is -0.228. The van der Waals surface area contributed by atoms with Crippen molar-refractivity contribution in [1.29, 1.82) is 0 Å². The standard InChI is InChI=1S/C10H22N2O/c1-6-9(3,8(11)13)10(4,7-2)12-5/h12H,6-7H2,1-5H3,(H2,11,13). The summed E-state index contributed by atoms with van der Waals surface area (Å²) in [5, 5.41) is 3.20. The fraction of sp³-hybridized carbons (Fsp3) is 0.900. The van der Waals surface area contributed by atoms with Crippen LogP contribution in [0.25, 0.3) is 0 Å². The SMILES string of the molecule is CCC(C)(NC)C(C)(CC)C(N)=O. The summed E-state index contributed by atoms with van der Waals surface area (Å²) in [5.41, 5.74) is 4.75. The molecule has 0 aliphatic carbocycles. The van der Waals surface area contributed by atoms with Crippen molar-refractivity contribution in [1.82, 2.24) is 5.32 Å². The maximum absolute atomic E-state index is 11.4. The van der Waals surface area contributed by atoms with Gasteiger partial charge in [0.05, 0.1) is 5.41 Å². The number of carbonyl (C=O) groups excluding carboxylic acids is 1. The van der Waals surface area contributed by atoms with Crippen molar-refractivity contribution in [3.63, 3.8) is 0 Å². The Bertz CT molecular complexity index is 187. The van der Waals surface area contributed by atoms with Gasteiger partial charge >= 0.3 is 0 Å². The largest absolute Gasteiger partial charge is 0.369 e. The summed E-state index contributed by atoms with van der Waals surface area (Å²) in [7, 11) is 1.88. The van der Waals surface area contributed by atoms with Crippen LogP contribution < -0.4 is 11.1 Å². The molecule has 2 unspecified atom stereocenters. The van der Waals surface area contributed by atoms with Gasteiger partial charge in [0, 0.05) is 5.54 Å². The molecule has 0 spiro atoms. The monoisotopic (exact) mass is 186 g/mol. The van der Waals surface area contributed by atoms with E-state index in [0.29, 0.717) is 0 Å². The van der Waals surface area contributed by atoms with E-state index in [4.69, 9.17) is 5.73 Å². The second kappa shape index (κ2) is 4.09. The molecule has 0 saturated carbocycles. The van der Waals surface area contributed by atoms with Crippen LogP contribution in [-0.2, 0) is 4.79 Å². The molecule has 3 heteroatoms. The Kier molecular flexibility index (Phi) is 3.91. The minimum Gasteiger partial charge on any atom is -0.369 e. The molecule has 0 aromatic rings. The molecule has 78 valence electrons. The quantitative estimate of drug-likeness (QED) is 0.679. The molecule has 0 aromatic heterocycles. The third kappa shape index (κ3) is 1.85. The normalized spacial score (nSPS) is 20.4. The molecule has 0 aromatic carbocycles. The Hall–Kier alpha value is -0.570. The van der Waals surface area contributed by atoms with Crippen molar-refractivity contribution in [2.45, 2.75) is 46.1 Å². The molecule has 0 rings (SSSR count). The molecule has 0 heterocycles. The summed E-state index contributed by atoms with van der Waals surface area (Å²) in [4.78, 5) is 11.4. The second-order valence-corrected chi connectivity index (χ2v) is 3.99. The highest BCUT2D eigenvalue weighted by molar-refractivity contribution is 5.82. The van der Waals surface area contributed by atoms with Crippen LogP contribution in [0, 0.1) is 5.41 Å². The van der Waals surface area contributed by atoms with E-state index in [0.717, 1.165) is 12.8 Å². The summed E-state index contributed by atoms with van der Waals surface area (Å²) >= 11 is 0. The Morgan fingerprint density at radius 3 is 1.85 bits per heavy atom. The van der Waals surface area contributed by atoms with E-state index in [1.165, 1.54) is 0 Å². The lowest BCUT2D eigenvalue weighted by Gasteiger charge is -2.43. The third-order valence-electron chi connectivity index (χ3n) is 3.73. The first-order valence-electron chi connectivity index (χ1n) is 4.86. The lowest BCUT2D eigenvalue weighted by Crippen LogP contribution is -2.58. The Labute approximate surface area is 81.1 Å². The number of rotatable bonds is 5. The molecular formula is C10H22N2O. The van der Waals surface area contributed by atoms with Gasteiger partial charge in [-0.05, 0) is 33.7 Å². The van der Waals surface area contributed by atoms with Gasteiger partial charge in [0.25, 0.3) is 0 Å². The van der Waals surface area contributed by atoms with Crippen molar-refractivity contribution in [2.75, 3.05) is 7.05 Å². The molecule has 3 N–H and O–H groups in total. The van der Waals surface area contributed by atoms with Gasteiger partial charge in [-0.15, -0.1) is 0 Å². The number of nitrogens with one attached hydrogen (secondary N) is 1. The number of carbonyl (C=O) groups is 1. The van der Waals surface area contributed by atoms with Gasteiger partial charge in [-0.2, -0.15) is 0 Å². The molecule has 0 bridgehead atoms. The predicted molar refractivity (Wildman–Crippen MR) is 55.3 cm³/mol. The molecule has 0 aliphatic rings. The van der Waals surface area contributed by atoms with E-state index in [9.17, 15) is 4.79 Å². The van der Waals surface area contributed by atoms with Crippen LogP contribution in [0.3, 0.4) is 0 Å². The minimum absolute atomic E-state index is 0.215. The van der Waals surface area contributed by atoms with Crippen LogP contribution in [0.2, 0.25) is 0 Å². The zero-order valence-electron chi connectivity index (χ0n) is 9.40. The summed E-state index contributed by atoms with van der Waals surface area (Å²) in [6, 6.07) is 0. The van der Waals surface area contributed by atoms with E-state index in [1.54, 1.807) is 0 Å². The number of amides is 1. The van der Waals surface area contributed by atoms with Crippen molar-refractivity contribution in [3.8, 4) is 0 Å². The van der Waals surface area contributed by atoms with Gasteiger partial charge in [-0.1, -0.05) is 13.8 Å². The fourth-order valence-electron chi connectivity index (χ4n) is 1.68. The van der Waals surface area contributed by atoms with Gasteiger partial charge in [0.1, 0.15) is 0 Å². The summed E-state index contributed by atoms with van der Waals surface area (Å²) < 4.78 is 0. The predicted octanol–water partition coefficient (Wildman–Crippen LogP) is 1.28. The number of hydrogen-bond acceptors (Lipinski definition) is 2. The summed E-state index contributed by atoms with van der Waals surface area (Å²) in [6.07, 6.45) is 1.64. The van der Waals surface area contributed by atoms with Gasteiger partial charge in [-0.3, -0.25) is 4.79 Å². The highest BCUT2D eigenvalue weighted by Gasteiger charge is 2.45. The van der Waals surface area contributed by atoms with Crippen molar-refractivity contribution in [2.24, 2.45) is 11.1 Å². The molecule has 0 aliphatic heterocycles. The molecule has 3 nitrogen and oxygen atoms in total. The van der Waals surface area contributed by atoms with E-state index in [1.807, 2.05) is 27.8 Å². The van der Waals surface area contributed by atoms with E-state index >= 15 is 0 Å². The van der Waals surface area contributed by atoms with E-state index < -0.39 is 5.41 Å². The zero-order chi connectivity index (χ0) is 10.7. The van der Waals surface area contributed by atoms with Crippen LogP contribution in [0.1, 0.15) is 40.5 Å². The maximum atomic E-state index is 11.4. The fourth-order valence-corrected chi connectivity index (χ4v) is 1.68. The minimum atomic E-state index is -0.476. The highest BCUT2D eigenvalue weighted by atomic mass is 16.1. The zero-order valence-corrected chi connectivity index (χ0v) is 9.40. The van der Waals surface area contributed by atoms with Gasteiger partial charge in [-0.25, -0.2) is 0 Å². The van der Waals surface area contributed by atoms with Crippen LogP contribution in [-0.4, -0.2) is 18.5 Å². The van der Waals surface area contributed by atoms with E-state index in [2.05, 4.69) is 12.2 Å². The third-order valence-corrected chi connectivity index (χ3v) is 3.73. The molecule has 2 atom stereocenters. The number of hydrogen-bond donors (Lipinski definition) is 2. The number of primary amides is 1. The van der Waals surface area contributed by atoms with Crippen LogP contribution in [0.15, 0.2) is 0 Å². The Balaban J connectivity index is 5.03. The molecule has 0 saturated heterocycles. The second-order valence-electron chi connectivity index (χ2n) is 3.99. The van der Waals surface area contributed by atoms with E-state index in [-0.39, 0.29) is 11.4 Å². The topological polar surface area (TPSA) is 55.1 Å². The van der Waals surface area contributed by atoms with Gasteiger partial charge in [0.2, 0.25) is 5.91 Å². The van der Waals surface area contributed by atoms with Gasteiger partial charge < -0.3 is 11.1 Å². The van der Waals surface area contributed by atoms with Crippen molar-refractivity contribution >= 4 is 5.91 Å². The molecular weight excluding hydrogens is 164 g/mol. The molecule has 13 heavy (non-hydrogen) atoms. The first kappa shape index (κ1) is 12.4. The maximum Gasteiger partial charge on any atom is 0.225 e. The molecule has 0 fully saturated rings. The smallest absolute Gasteiger partial charge is 0.225 e. The van der Waals surface area contributed by atoms with Crippen molar-refractivity contribution in [3.05, 3.63) is 0 Å². The average molecular weight is 186 g/mol. The Morgan fingerprint density at radius 1 is 1.31 bits per heavy atom. The molecule has 1 amide bonds. The van der Waals surface area contributed by atoms with Crippen LogP contribution in [0.4, 0.5) is 0 Å². The van der Waals surface area contributed by atoms with Crippen molar-refractivity contribution < 1.29 is 4.79 Å². The first-order valence-corrected chi connectivity index (χ1v) is 4.86. The van der Waals surface area contributed by atoms with Crippen LogP contribution in [0.5, 0.6) is 0 Å². The average Bonchev–Trinajstić information content (AvgIpc) is 2.14. The van der Waals surface area contributed by atoms with Crippen LogP contribution >= 0.6 is 0 Å².